The van der Waals surface area contributed by atoms with Gasteiger partial charge in [-0.15, -0.1) is 0 Å². The van der Waals surface area contributed by atoms with E-state index in [1.165, 1.54) is 12.5 Å². The summed E-state index contributed by atoms with van der Waals surface area (Å²) in [5.41, 5.74) is 3.38. The number of hydrogen-bond acceptors (Lipinski definition) is 3. The number of rotatable bonds is 5. The standard InChI is InChI=1S/C18H20N2O2/c1-12-4-8-16(9-5-12)19-13(2)18(22)20-17-10-6-15(7-11-17)14(3)21/h4-11,13,19H,1-3H3,(H,20,22)/t13-/m0/s1. The number of Topliss-reactive ketones (excluding diaryl/α,β-unsaturated/α-hetero) is 1. The van der Waals surface area contributed by atoms with Crippen LogP contribution in [0.1, 0.15) is 29.8 Å². The van der Waals surface area contributed by atoms with E-state index < -0.39 is 0 Å². The molecule has 0 radical (unpaired) electrons. The molecule has 0 spiro atoms. The second-order valence-electron chi connectivity index (χ2n) is 5.35. The van der Waals surface area contributed by atoms with Crippen LogP contribution < -0.4 is 10.6 Å². The molecule has 22 heavy (non-hydrogen) atoms. The van der Waals surface area contributed by atoms with Crippen molar-refractivity contribution < 1.29 is 9.59 Å². The van der Waals surface area contributed by atoms with Gasteiger partial charge in [0.1, 0.15) is 6.04 Å². The quantitative estimate of drug-likeness (QED) is 0.828. The van der Waals surface area contributed by atoms with Crippen LogP contribution in [0.5, 0.6) is 0 Å². The van der Waals surface area contributed by atoms with Gasteiger partial charge >= 0.3 is 0 Å². The zero-order valence-electron chi connectivity index (χ0n) is 13.0. The summed E-state index contributed by atoms with van der Waals surface area (Å²) in [6.45, 7) is 5.34. The molecule has 0 aliphatic heterocycles. The Morgan fingerprint density at radius 3 is 2.00 bits per heavy atom. The SMILES string of the molecule is CC(=O)c1ccc(NC(=O)[C@H](C)Nc2ccc(C)cc2)cc1. The molecule has 1 atom stereocenters. The molecule has 1 amide bonds. The predicted octanol–water partition coefficient (Wildman–Crippen LogP) is 3.64. The predicted molar refractivity (Wildman–Crippen MR) is 89.3 cm³/mol. The van der Waals surface area contributed by atoms with E-state index >= 15 is 0 Å². The van der Waals surface area contributed by atoms with Crippen molar-refractivity contribution in [3.05, 3.63) is 59.7 Å². The average Bonchev–Trinajstić information content (AvgIpc) is 2.50. The third kappa shape index (κ3) is 4.19. The fraction of sp³-hybridized carbons (Fsp3) is 0.222. The van der Waals surface area contributed by atoms with Crippen molar-refractivity contribution >= 4 is 23.1 Å². The van der Waals surface area contributed by atoms with Crippen LogP contribution in [0.25, 0.3) is 0 Å². The van der Waals surface area contributed by atoms with E-state index in [-0.39, 0.29) is 17.7 Å². The Bertz CT molecular complexity index is 660. The van der Waals surface area contributed by atoms with E-state index in [0.29, 0.717) is 11.3 Å². The van der Waals surface area contributed by atoms with Crippen molar-refractivity contribution in [1.82, 2.24) is 0 Å². The van der Waals surface area contributed by atoms with Gasteiger partial charge in [-0.05, 0) is 57.2 Å². The highest BCUT2D eigenvalue weighted by molar-refractivity contribution is 5.97. The number of aryl methyl sites for hydroxylation is 1. The first-order valence-electron chi connectivity index (χ1n) is 7.21. The van der Waals surface area contributed by atoms with E-state index in [4.69, 9.17) is 0 Å². The van der Waals surface area contributed by atoms with Crippen LogP contribution in [0, 0.1) is 6.92 Å². The van der Waals surface area contributed by atoms with Gasteiger partial charge in [-0.25, -0.2) is 0 Å². The van der Waals surface area contributed by atoms with Gasteiger partial charge in [0.05, 0.1) is 0 Å². The summed E-state index contributed by atoms with van der Waals surface area (Å²) in [5, 5.41) is 5.98. The highest BCUT2D eigenvalue weighted by Gasteiger charge is 2.12. The zero-order valence-corrected chi connectivity index (χ0v) is 13.0. The summed E-state index contributed by atoms with van der Waals surface area (Å²) in [6, 6.07) is 14.4. The number of carbonyl (C=O) groups is 2. The molecule has 0 unspecified atom stereocenters. The second kappa shape index (κ2) is 6.89. The monoisotopic (exact) mass is 296 g/mol. The van der Waals surface area contributed by atoms with Crippen LogP contribution >= 0.6 is 0 Å². The van der Waals surface area contributed by atoms with Crippen LogP contribution in [0.15, 0.2) is 48.5 Å². The summed E-state index contributed by atoms with van der Waals surface area (Å²) < 4.78 is 0. The van der Waals surface area contributed by atoms with Crippen molar-refractivity contribution in [2.45, 2.75) is 26.8 Å². The number of carbonyl (C=O) groups excluding carboxylic acids is 2. The largest absolute Gasteiger partial charge is 0.374 e. The first kappa shape index (κ1) is 15.8. The fourth-order valence-corrected chi connectivity index (χ4v) is 2.00. The van der Waals surface area contributed by atoms with Crippen molar-refractivity contribution in [2.24, 2.45) is 0 Å². The Labute approximate surface area is 130 Å². The molecule has 0 bridgehead atoms. The van der Waals surface area contributed by atoms with E-state index in [0.717, 1.165) is 5.69 Å². The molecule has 2 rings (SSSR count). The van der Waals surface area contributed by atoms with Gasteiger partial charge in [-0.3, -0.25) is 9.59 Å². The first-order valence-corrected chi connectivity index (χ1v) is 7.21. The number of anilines is 2. The minimum Gasteiger partial charge on any atom is -0.374 e. The number of ketones is 1. The van der Waals surface area contributed by atoms with E-state index in [1.807, 2.05) is 31.2 Å². The smallest absolute Gasteiger partial charge is 0.246 e. The fourth-order valence-electron chi connectivity index (χ4n) is 2.00. The maximum Gasteiger partial charge on any atom is 0.246 e. The van der Waals surface area contributed by atoms with Gasteiger partial charge in [0.15, 0.2) is 5.78 Å². The molecule has 2 N–H and O–H groups in total. The molecular formula is C18H20N2O2. The number of benzene rings is 2. The van der Waals surface area contributed by atoms with Crippen molar-refractivity contribution in [3.8, 4) is 0 Å². The normalized spacial score (nSPS) is 11.6. The lowest BCUT2D eigenvalue weighted by molar-refractivity contribution is -0.116. The molecule has 0 fully saturated rings. The van der Waals surface area contributed by atoms with Gasteiger partial charge < -0.3 is 10.6 Å². The average molecular weight is 296 g/mol. The van der Waals surface area contributed by atoms with Gasteiger partial charge in [0.25, 0.3) is 0 Å². The Hall–Kier alpha value is -2.62. The molecule has 0 saturated carbocycles. The Morgan fingerprint density at radius 2 is 1.45 bits per heavy atom. The minimum absolute atomic E-state index is 0.00674. The molecule has 0 heterocycles. The molecule has 4 nitrogen and oxygen atoms in total. The van der Waals surface area contributed by atoms with E-state index in [9.17, 15) is 9.59 Å². The van der Waals surface area contributed by atoms with Gasteiger partial charge in [0.2, 0.25) is 5.91 Å². The van der Waals surface area contributed by atoms with Crippen molar-refractivity contribution in [3.63, 3.8) is 0 Å². The molecule has 0 aromatic heterocycles. The number of nitrogens with one attached hydrogen (secondary N) is 2. The van der Waals surface area contributed by atoms with Gasteiger partial charge in [-0.2, -0.15) is 0 Å². The van der Waals surface area contributed by atoms with Crippen LogP contribution in [-0.2, 0) is 4.79 Å². The summed E-state index contributed by atoms with van der Waals surface area (Å²) in [7, 11) is 0. The lowest BCUT2D eigenvalue weighted by atomic mass is 10.1. The maximum atomic E-state index is 12.2. The number of hydrogen-bond donors (Lipinski definition) is 2. The van der Waals surface area contributed by atoms with E-state index in [1.54, 1.807) is 31.2 Å². The lowest BCUT2D eigenvalue weighted by Gasteiger charge is -2.15. The molecule has 2 aromatic rings. The lowest BCUT2D eigenvalue weighted by Crippen LogP contribution is -2.31. The highest BCUT2D eigenvalue weighted by atomic mass is 16.2. The minimum atomic E-state index is -0.366. The summed E-state index contributed by atoms with van der Waals surface area (Å²) in [4.78, 5) is 23.4. The maximum absolute atomic E-state index is 12.2. The van der Waals surface area contributed by atoms with Crippen molar-refractivity contribution in [2.75, 3.05) is 10.6 Å². The summed E-state index contributed by atoms with van der Waals surface area (Å²) in [5.74, 6) is -0.122. The Balaban J connectivity index is 1.95. The van der Waals surface area contributed by atoms with Crippen LogP contribution in [0.3, 0.4) is 0 Å². The molecule has 114 valence electrons. The second-order valence-corrected chi connectivity index (χ2v) is 5.35. The Morgan fingerprint density at radius 1 is 0.909 bits per heavy atom. The van der Waals surface area contributed by atoms with Gasteiger partial charge in [-0.1, -0.05) is 17.7 Å². The molecule has 0 aliphatic carbocycles. The highest BCUT2D eigenvalue weighted by Crippen LogP contribution is 2.13. The molecule has 2 aromatic carbocycles. The number of amides is 1. The topological polar surface area (TPSA) is 58.2 Å². The van der Waals surface area contributed by atoms with Crippen LogP contribution in [0.4, 0.5) is 11.4 Å². The molecular weight excluding hydrogens is 276 g/mol. The Kier molecular flexibility index (Phi) is 4.94. The first-order chi connectivity index (χ1) is 10.5. The van der Waals surface area contributed by atoms with Crippen LogP contribution in [-0.4, -0.2) is 17.7 Å². The summed E-state index contributed by atoms with van der Waals surface area (Å²) >= 11 is 0. The zero-order chi connectivity index (χ0) is 16.1. The molecule has 0 saturated heterocycles. The van der Waals surface area contributed by atoms with E-state index in [2.05, 4.69) is 10.6 Å². The molecule has 0 aliphatic rings. The van der Waals surface area contributed by atoms with Crippen molar-refractivity contribution in [1.29, 1.82) is 0 Å². The molecule has 4 heteroatoms. The van der Waals surface area contributed by atoms with Crippen LogP contribution in [0.2, 0.25) is 0 Å². The third-order valence-electron chi connectivity index (χ3n) is 3.39. The van der Waals surface area contributed by atoms with Gasteiger partial charge in [0, 0.05) is 16.9 Å². The third-order valence-corrected chi connectivity index (χ3v) is 3.39. The summed E-state index contributed by atoms with van der Waals surface area (Å²) in [6.07, 6.45) is 0.